The van der Waals surface area contributed by atoms with Gasteiger partial charge in [0.25, 0.3) is 5.91 Å². The fourth-order valence-electron chi connectivity index (χ4n) is 2.93. The molecule has 11 heteroatoms. The topological polar surface area (TPSA) is 58.2 Å². The summed E-state index contributed by atoms with van der Waals surface area (Å²) in [5, 5.41) is 5.16. The largest absolute Gasteiger partial charge is 0.399 e. The summed E-state index contributed by atoms with van der Waals surface area (Å²) in [6, 6.07) is 6.52. The molecule has 0 spiro atoms. The van der Waals surface area contributed by atoms with Crippen LogP contribution in [0.4, 0.5) is 13.2 Å². The molecule has 0 aliphatic rings. The maximum Gasteiger partial charge on any atom is 0.399 e. The first-order valence-corrected chi connectivity index (χ1v) is 11.5. The molecule has 0 saturated carbocycles. The number of allylic oxidation sites excluding steroid dienone is 1. The van der Waals surface area contributed by atoms with Gasteiger partial charge in [-0.2, -0.15) is 13.2 Å². The van der Waals surface area contributed by atoms with Crippen LogP contribution in [0, 0.1) is 0 Å². The molecule has 0 aromatic heterocycles. The summed E-state index contributed by atoms with van der Waals surface area (Å²) in [5.74, 6) is -2.58. The van der Waals surface area contributed by atoms with Crippen LogP contribution in [0.25, 0.3) is 6.08 Å². The van der Waals surface area contributed by atoms with E-state index in [9.17, 15) is 22.8 Å². The van der Waals surface area contributed by atoms with Gasteiger partial charge in [-0.1, -0.05) is 53.0 Å². The highest BCUT2D eigenvalue weighted by Gasteiger charge is 2.39. The predicted octanol–water partition coefficient (Wildman–Crippen LogP) is 7.02. The Balaban J connectivity index is 2.21. The first-order valence-electron chi connectivity index (χ1n) is 9.53. The summed E-state index contributed by atoms with van der Waals surface area (Å²) in [6.07, 6.45) is -2.33. The second-order valence-electron chi connectivity index (χ2n) is 7.23. The number of rotatable bonds is 7. The molecule has 178 valence electrons. The zero-order chi connectivity index (χ0) is 24.9. The van der Waals surface area contributed by atoms with Gasteiger partial charge in [0, 0.05) is 24.0 Å². The van der Waals surface area contributed by atoms with Crippen molar-refractivity contribution in [3.63, 3.8) is 0 Å². The molecular formula is C22H19BrCl3F3N2O2. The molecule has 2 aromatic rings. The van der Waals surface area contributed by atoms with Crippen molar-refractivity contribution < 1.29 is 22.8 Å². The zero-order valence-corrected chi connectivity index (χ0v) is 21.2. The van der Waals surface area contributed by atoms with Gasteiger partial charge in [0.15, 0.2) is 0 Å². The molecule has 2 rings (SSSR count). The van der Waals surface area contributed by atoms with Crippen LogP contribution in [0.1, 0.15) is 41.3 Å². The molecule has 33 heavy (non-hydrogen) atoms. The molecular weight excluding hydrogens is 568 g/mol. The number of hydrogen-bond acceptors (Lipinski definition) is 2. The van der Waals surface area contributed by atoms with E-state index in [1.165, 1.54) is 31.2 Å². The number of alkyl halides is 3. The van der Waals surface area contributed by atoms with E-state index in [1.807, 2.05) is 0 Å². The van der Waals surface area contributed by atoms with Gasteiger partial charge in [-0.15, -0.1) is 0 Å². The third-order valence-corrected chi connectivity index (χ3v) is 6.31. The molecule has 2 amide bonds. The minimum Gasteiger partial charge on any atom is -0.352 e. The highest BCUT2D eigenvalue weighted by molar-refractivity contribution is 9.10. The van der Waals surface area contributed by atoms with E-state index < -0.39 is 18.0 Å². The van der Waals surface area contributed by atoms with Crippen molar-refractivity contribution in [2.45, 2.75) is 32.0 Å². The van der Waals surface area contributed by atoms with E-state index >= 15 is 0 Å². The molecule has 0 bridgehead atoms. The molecule has 2 unspecified atom stereocenters. The average molecular weight is 587 g/mol. The Bertz CT molecular complexity index is 1050. The molecule has 0 radical (unpaired) electrons. The monoisotopic (exact) mass is 584 g/mol. The molecule has 0 aliphatic heterocycles. The third kappa shape index (κ3) is 7.91. The number of amides is 2. The van der Waals surface area contributed by atoms with Crippen LogP contribution in [-0.4, -0.2) is 30.6 Å². The lowest BCUT2D eigenvalue weighted by molar-refractivity contribution is -0.139. The van der Waals surface area contributed by atoms with E-state index in [2.05, 4.69) is 26.6 Å². The number of nitrogens with one attached hydrogen (secondary N) is 2. The molecule has 0 heterocycles. The van der Waals surface area contributed by atoms with Gasteiger partial charge in [-0.05, 0) is 58.2 Å². The van der Waals surface area contributed by atoms with E-state index in [0.717, 1.165) is 18.2 Å². The molecule has 0 saturated heterocycles. The lowest BCUT2D eigenvalue weighted by Crippen LogP contribution is -2.40. The second kappa shape index (κ2) is 11.6. The van der Waals surface area contributed by atoms with Gasteiger partial charge >= 0.3 is 6.18 Å². The molecule has 0 fully saturated rings. The fraction of sp³-hybridized carbons (Fsp3) is 0.273. The number of hydrogen-bond donors (Lipinski definition) is 2. The lowest BCUT2D eigenvalue weighted by Gasteiger charge is -2.18. The second-order valence-corrected chi connectivity index (χ2v) is 9.27. The van der Waals surface area contributed by atoms with Gasteiger partial charge in [-0.3, -0.25) is 9.59 Å². The Kier molecular flexibility index (Phi) is 9.67. The smallest absolute Gasteiger partial charge is 0.352 e. The summed E-state index contributed by atoms with van der Waals surface area (Å²) < 4.78 is 41.5. The van der Waals surface area contributed by atoms with Gasteiger partial charge < -0.3 is 10.6 Å². The summed E-state index contributed by atoms with van der Waals surface area (Å²) in [5.41, 5.74) is 0.581. The van der Waals surface area contributed by atoms with Crippen LogP contribution in [0.5, 0.6) is 0 Å². The quantitative estimate of drug-likeness (QED) is 0.343. The van der Waals surface area contributed by atoms with Crippen molar-refractivity contribution >= 4 is 68.6 Å². The molecule has 2 atom stereocenters. The molecule has 4 nitrogen and oxygen atoms in total. The normalized spacial score (nSPS) is 13.6. The SMILES string of the molecule is CC(=O)NC(C)CNC(=O)c1ccc(/C=C/C(c2cc(Cl)c(Cl)c(Cl)c2)C(F)(F)F)cc1Br. The highest BCUT2D eigenvalue weighted by Crippen LogP contribution is 2.41. The van der Waals surface area contributed by atoms with E-state index in [0.29, 0.717) is 15.6 Å². The van der Waals surface area contributed by atoms with Crippen LogP contribution in [-0.2, 0) is 4.79 Å². The Morgan fingerprint density at radius 3 is 2.24 bits per heavy atom. The number of halogens is 7. The minimum absolute atomic E-state index is 0.0174. The average Bonchev–Trinajstić information content (AvgIpc) is 2.69. The van der Waals surface area contributed by atoms with E-state index in [-0.39, 0.29) is 39.1 Å². The van der Waals surface area contributed by atoms with Gasteiger partial charge in [0.2, 0.25) is 5.91 Å². The Hall–Kier alpha value is -1.74. The van der Waals surface area contributed by atoms with Crippen LogP contribution in [0.15, 0.2) is 40.9 Å². The fourth-order valence-corrected chi connectivity index (χ4v) is 4.12. The van der Waals surface area contributed by atoms with Crippen molar-refractivity contribution in [2.24, 2.45) is 0 Å². The maximum absolute atomic E-state index is 13.7. The zero-order valence-electron chi connectivity index (χ0n) is 17.4. The third-order valence-electron chi connectivity index (χ3n) is 4.46. The van der Waals surface area contributed by atoms with Crippen LogP contribution in [0.3, 0.4) is 0 Å². The predicted molar refractivity (Wildman–Crippen MR) is 129 cm³/mol. The summed E-state index contributed by atoms with van der Waals surface area (Å²) >= 11 is 20.9. The number of carbonyl (C=O) groups is 2. The number of carbonyl (C=O) groups excluding carboxylic acids is 2. The van der Waals surface area contributed by atoms with Crippen LogP contribution < -0.4 is 10.6 Å². The summed E-state index contributed by atoms with van der Waals surface area (Å²) in [4.78, 5) is 23.4. The standard InChI is InChI=1S/C22H19BrCl3F3N2O2/c1-11(31-12(2)32)10-30-21(33)15-5-3-13(7-17(15)23)4-6-16(22(27,28)29)14-8-18(24)20(26)19(25)9-14/h3-9,11,16H,10H2,1-2H3,(H,30,33)(H,31,32)/b6-4+. The van der Waals surface area contributed by atoms with E-state index in [4.69, 9.17) is 34.8 Å². The number of benzene rings is 2. The Labute approximate surface area is 212 Å². The molecule has 2 aromatic carbocycles. The van der Waals surface area contributed by atoms with Gasteiger partial charge in [0.1, 0.15) is 0 Å². The lowest BCUT2D eigenvalue weighted by atomic mass is 9.97. The van der Waals surface area contributed by atoms with Crippen LogP contribution in [0.2, 0.25) is 15.1 Å². The maximum atomic E-state index is 13.7. The highest BCUT2D eigenvalue weighted by atomic mass is 79.9. The van der Waals surface area contributed by atoms with Crippen molar-refractivity contribution in [3.8, 4) is 0 Å². The van der Waals surface area contributed by atoms with Gasteiger partial charge in [-0.25, -0.2) is 0 Å². The van der Waals surface area contributed by atoms with Crippen LogP contribution >= 0.6 is 50.7 Å². The Morgan fingerprint density at radius 1 is 1.12 bits per heavy atom. The summed E-state index contributed by atoms with van der Waals surface area (Å²) in [6.45, 7) is 3.33. The Morgan fingerprint density at radius 2 is 1.73 bits per heavy atom. The minimum atomic E-state index is -4.60. The van der Waals surface area contributed by atoms with Crippen molar-refractivity contribution in [2.75, 3.05) is 6.54 Å². The molecule has 2 N–H and O–H groups in total. The van der Waals surface area contributed by atoms with Crippen molar-refractivity contribution in [3.05, 3.63) is 72.6 Å². The summed E-state index contributed by atoms with van der Waals surface area (Å²) in [7, 11) is 0. The van der Waals surface area contributed by atoms with E-state index in [1.54, 1.807) is 6.92 Å². The van der Waals surface area contributed by atoms with Gasteiger partial charge in [0.05, 0.1) is 26.5 Å². The molecule has 0 aliphatic carbocycles. The van der Waals surface area contributed by atoms with Crippen molar-refractivity contribution in [1.82, 2.24) is 10.6 Å². The van der Waals surface area contributed by atoms with Crippen molar-refractivity contribution in [1.29, 1.82) is 0 Å². The first kappa shape index (κ1) is 27.5. The first-order chi connectivity index (χ1) is 15.3.